The minimum Gasteiger partial charge on any atom is -0.510 e. The Morgan fingerprint density at radius 2 is 1.48 bits per heavy atom. The number of anilines is 2. The summed E-state index contributed by atoms with van der Waals surface area (Å²) in [6.45, 7) is 3.95. The van der Waals surface area contributed by atoms with Gasteiger partial charge in [-0.15, -0.1) is 17.4 Å². The van der Waals surface area contributed by atoms with E-state index in [-0.39, 0.29) is 20.1 Å². The number of para-hydroxylation sites is 1. The van der Waals surface area contributed by atoms with Gasteiger partial charge in [0.1, 0.15) is 0 Å². The maximum atomic E-state index is 8.62. The van der Waals surface area contributed by atoms with Gasteiger partial charge < -0.3 is 19.6 Å². The summed E-state index contributed by atoms with van der Waals surface area (Å²) in [5, 5.41) is 8.62. The maximum Gasteiger partial charge on any atom is 0.0307 e. The summed E-state index contributed by atoms with van der Waals surface area (Å²) in [4.78, 5) is 7.92. The topological polar surface area (TPSA) is 36.8 Å². The predicted molar refractivity (Wildman–Crippen MR) is 103 cm³/mol. The Bertz CT molecular complexity index is 811. The summed E-state index contributed by atoms with van der Waals surface area (Å²) in [7, 11) is 3.96. The molecule has 0 unspecified atom stereocenters. The van der Waals surface area contributed by atoms with E-state index >= 15 is 0 Å². The Labute approximate surface area is 174 Å². The van der Waals surface area contributed by atoms with E-state index in [1.54, 1.807) is 12.1 Å². The molecule has 0 aliphatic carbocycles. The van der Waals surface area contributed by atoms with Crippen molar-refractivity contribution < 1.29 is 20.1 Å². The standard InChI is InChI=1S/C11H9N3.C10H10N2.Ir/c1-13-6-7-14(9-13)11-4-2-10(8-12)3-5-11;1-11-7-8-12(9-11)10-5-3-2-4-6-10;/h2-4,6-7,9H,1H3;2-5,7-9H,1H3;/q2*-2;. The predicted octanol–water partition coefficient (Wildman–Crippen LogP) is 3.53. The van der Waals surface area contributed by atoms with E-state index in [1.807, 2.05) is 102 Å². The molecule has 0 atom stereocenters. The summed E-state index contributed by atoms with van der Waals surface area (Å²) in [6, 6.07) is 21.5. The van der Waals surface area contributed by atoms with Gasteiger partial charge in [-0.05, 0) is 38.9 Å². The van der Waals surface area contributed by atoms with E-state index in [9.17, 15) is 0 Å². The Balaban J connectivity index is 0.000000189. The van der Waals surface area contributed by atoms with Gasteiger partial charge in [0.25, 0.3) is 0 Å². The second kappa shape index (κ2) is 9.82. The van der Waals surface area contributed by atoms with Gasteiger partial charge in [-0.1, -0.05) is 5.56 Å². The van der Waals surface area contributed by atoms with Crippen LogP contribution in [0.25, 0.3) is 0 Å². The number of benzene rings is 2. The normalized spacial score (nSPS) is 14.6. The fourth-order valence-electron chi connectivity index (χ4n) is 2.38. The maximum absolute atomic E-state index is 8.62. The second-order valence-electron chi connectivity index (χ2n) is 5.79. The molecule has 0 aromatic heterocycles. The molecule has 0 N–H and O–H groups in total. The third-order valence-electron chi connectivity index (χ3n) is 3.71. The van der Waals surface area contributed by atoms with Crippen LogP contribution in [0.4, 0.5) is 11.4 Å². The van der Waals surface area contributed by atoms with E-state index < -0.39 is 0 Å². The summed E-state index contributed by atoms with van der Waals surface area (Å²) in [5.74, 6) is 0. The van der Waals surface area contributed by atoms with Gasteiger partial charge in [0, 0.05) is 26.2 Å². The Hall–Kier alpha value is -2.74. The van der Waals surface area contributed by atoms with Gasteiger partial charge in [-0.2, -0.15) is 61.9 Å². The molecule has 0 bridgehead atoms. The van der Waals surface area contributed by atoms with Crippen molar-refractivity contribution in [2.45, 2.75) is 0 Å². The molecule has 0 saturated carbocycles. The quantitative estimate of drug-likeness (QED) is 0.553. The largest absolute Gasteiger partial charge is 0.510 e. The van der Waals surface area contributed by atoms with Crippen LogP contribution in [0.2, 0.25) is 0 Å². The van der Waals surface area contributed by atoms with Gasteiger partial charge in [0.05, 0.1) is 0 Å². The molecule has 2 aromatic carbocycles. The van der Waals surface area contributed by atoms with Crippen molar-refractivity contribution in [2.75, 3.05) is 23.9 Å². The van der Waals surface area contributed by atoms with Crippen molar-refractivity contribution in [3.8, 4) is 6.07 Å². The molecular formula is C21H19IrN5-4. The minimum absolute atomic E-state index is 0. The first kappa shape index (κ1) is 20.6. The summed E-state index contributed by atoms with van der Waals surface area (Å²) in [5.41, 5.74) is 2.63. The zero-order valence-corrected chi connectivity index (χ0v) is 17.5. The Kier molecular flexibility index (Phi) is 7.48. The molecule has 2 aliphatic rings. The van der Waals surface area contributed by atoms with E-state index in [4.69, 9.17) is 5.26 Å². The average Bonchev–Trinajstić information content (AvgIpc) is 3.32. The van der Waals surface area contributed by atoms with Crippen molar-refractivity contribution >= 4 is 11.4 Å². The third kappa shape index (κ3) is 5.62. The molecule has 0 amide bonds. The molecule has 2 aromatic rings. The van der Waals surface area contributed by atoms with Crippen molar-refractivity contribution in [1.29, 1.82) is 5.26 Å². The van der Waals surface area contributed by atoms with E-state index in [0.29, 0.717) is 5.56 Å². The SMILES string of the molecule is CN1C=CN(c2[c-]cc(C#N)cc2)[CH-]1.CN1C=CN(c2[c-]cccc2)[CH-]1.[Ir]. The average molecular weight is 534 g/mol. The molecule has 6 heteroatoms. The molecule has 1 radical (unpaired) electrons. The van der Waals surface area contributed by atoms with Gasteiger partial charge in [-0.25, -0.2) is 5.26 Å². The first-order chi connectivity index (χ1) is 12.7. The van der Waals surface area contributed by atoms with E-state index in [2.05, 4.69) is 18.2 Å². The van der Waals surface area contributed by atoms with Crippen molar-refractivity contribution in [3.05, 3.63) is 98.3 Å². The Morgan fingerprint density at radius 3 is 1.89 bits per heavy atom. The summed E-state index contributed by atoms with van der Waals surface area (Å²) < 4.78 is 0. The first-order valence-electron chi connectivity index (χ1n) is 8.11. The van der Waals surface area contributed by atoms with Crippen LogP contribution < -0.4 is 9.80 Å². The van der Waals surface area contributed by atoms with Crippen LogP contribution in [-0.2, 0) is 20.1 Å². The monoisotopic (exact) mass is 534 g/mol. The molecule has 27 heavy (non-hydrogen) atoms. The smallest absolute Gasteiger partial charge is 0.0307 e. The zero-order chi connectivity index (χ0) is 18.4. The van der Waals surface area contributed by atoms with Gasteiger partial charge in [0.15, 0.2) is 0 Å². The summed E-state index contributed by atoms with van der Waals surface area (Å²) >= 11 is 0. The van der Waals surface area contributed by atoms with Crippen molar-refractivity contribution in [3.63, 3.8) is 0 Å². The van der Waals surface area contributed by atoms with Crippen LogP contribution >= 0.6 is 0 Å². The van der Waals surface area contributed by atoms with Gasteiger partial charge in [0.2, 0.25) is 0 Å². The number of nitrogens with zero attached hydrogens (tertiary/aromatic N) is 5. The molecule has 0 fully saturated rings. The van der Waals surface area contributed by atoms with Crippen molar-refractivity contribution in [2.24, 2.45) is 0 Å². The second-order valence-corrected chi connectivity index (χ2v) is 5.79. The first-order valence-corrected chi connectivity index (χ1v) is 8.11. The molecule has 5 nitrogen and oxygen atoms in total. The molecule has 4 rings (SSSR count). The molecule has 141 valence electrons. The van der Waals surface area contributed by atoms with Crippen LogP contribution in [-0.4, -0.2) is 23.9 Å². The van der Waals surface area contributed by atoms with E-state index in [1.165, 1.54) is 0 Å². The van der Waals surface area contributed by atoms with Crippen LogP contribution in [0.3, 0.4) is 0 Å². The number of hydrogen-bond acceptors (Lipinski definition) is 5. The van der Waals surface area contributed by atoms with Crippen LogP contribution in [0, 0.1) is 36.8 Å². The number of rotatable bonds is 2. The third-order valence-corrected chi connectivity index (χ3v) is 3.71. The van der Waals surface area contributed by atoms with E-state index in [0.717, 1.165) is 11.4 Å². The fraction of sp³-hybridized carbons (Fsp3) is 0.0952. The molecule has 0 spiro atoms. The summed E-state index contributed by atoms with van der Waals surface area (Å²) in [6.07, 6.45) is 7.90. The van der Waals surface area contributed by atoms with Crippen LogP contribution in [0.1, 0.15) is 5.56 Å². The Morgan fingerprint density at radius 1 is 0.852 bits per heavy atom. The minimum atomic E-state index is 0. The van der Waals surface area contributed by atoms with Gasteiger partial charge in [-0.3, -0.25) is 0 Å². The van der Waals surface area contributed by atoms with Crippen LogP contribution in [0.15, 0.2) is 67.3 Å². The molecule has 2 heterocycles. The molecule has 2 aliphatic heterocycles. The number of hydrogen-bond donors (Lipinski definition) is 0. The van der Waals surface area contributed by atoms with Crippen LogP contribution in [0.5, 0.6) is 0 Å². The number of nitriles is 1. The molecule has 0 saturated heterocycles. The molecular weight excluding hydrogens is 514 g/mol. The zero-order valence-electron chi connectivity index (χ0n) is 15.1. The fourth-order valence-corrected chi connectivity index (χ4v) is 2.38. The van der Waals surface area contributed by atoms with Crippen molar-refractivity contribution in [1.82, 2.24) is 9.80 Å². The van der Waals surface area contributed by atoms with Gasteiger partial charge >= 0.3 is 0 Å².